The molecule has 1 nitrogen and oxygen atoms in total. The van der Waals surface area contributed by atoms with Crippen LogP contribution in [-0.4, -0.2) is 0 Å². The van der Waals surface area contributed by atoms with Crippen LogP contribution in [-0.2, 0) is 12.8 Å². The van der Waals surface area contributed by atoms with Gasteiger partial charge in [0.05, 0.1) is 0 Å². The predicted molar refractivity (Wildman–Crippen MR) is 87.0 cm³/mol. The van der Waals surface area contributed by atoms with E-state index in [9.17, 15) is 4.79 Å². The summed E-state index contributed by atoms with van der Waals surface area (Å²) >= 11 is 2.78. The minimum absolute atomic E-state index is 0.196. The van der Waals surface area contributed by atoms with E-state index in [1.54, 1.807) is 0 Å². The third-order valence-electron chi connectivity index (χ3n) is 3.14. The highest BCUT2D eigenvalue weighted by Gasteiger charge is 2.10. The van der Waals surface area contributed by atoms with E-state index in [1.807, 2.05) is 36.4 Å². The summed E-state index contributed by atoms with van der Waals surface area (Å²) in [4.78, 5) is 14.1. The van der Waals surface area contributed by atoms with Gasteiger partial charge in [-0.3, -0.25) is 4.79 Å². The number of rotatable bonds is 4. The summed E-state index contributed by atoms with van der Waals surface area (Å²) in [5, 5.41) is 0. The van der Waals surface area contributed by atoms with Crippen LogP contribution in [0.4, 0.5) is 0 Å². The molecule has 0 aliphatic rings. The van der Waals surface area contributed by atoms with Crippen molar-refractivity contribution in [2.45, 2.75) is 12.8 Å². The first-order valence-corrected chi connectivity index (χ1v) is 8.14. The average Bonchev–Trinajstić information content (AvgIpc) is 2.81. The van der Waals surface area contributed by atoms with Gasteiger partial charge in [0.25, 0.3) is 4.06 Å². The molecule has 0 radical (unpaired) electrons. The molecule has 0 N–H and O–H groups in total. The van der Waals surface area contributed by atoms with Crippen molar-refractivity contribution in [3.63, 3.8) is 0 Å². The predicted octanol–water partition coefficient (Wildman–Crippen LogP) is 4.35. The van der Waals surface area contributed by atoms with Crippen molar-refractivity contribution in [2.75, 3.05) is 0 Å². The molecule has 0 amide bonds. The summed E-state index contributed by atoms with van der Waals surface area (Å²) in [5.41, 5.74) is 2.52. The molecule has 2 aromatic carbocycles. The van der Waals surface area contributed by atoms with Crippen LogP contribution in [0.25, 0.3) is 0 Å². The third-order valence-corrected chi connectivity index (χ3v) is 5.38. The maximum absolute atomic E-state index is 11.7. The van der Waals surface area contributed by atoms with E-state index in [0.29, 0.717) is 0 Å². The summed E-state index contributed by atoms with van der Waals surface area (Å²) in [7, 11) is 0. The van der Waals surface area contributed by atoms with Gasteiger partial charge in [0.15, 0.2) is 0 Å². The second kappa shape index (κ2) is 6.16. The van der Waals surface area contributed by atoms with Crippen LogP contribution >= 0.6 is 22.7 Å². The zero-order chi connectivity index (χ0) is 13.8. The fourth-order valence-corrected chi connectivity index (χ4v) is 4.44. The molecule has 0 bridgehead atoms. The lowest BCUT2D eigenvalue weighted by Gasteiger charge is -2.03. The topological polar surface area (TPSA) is 17.1 Å². The minimum atomic E-state index is 0.196. The summed E-state index contributed by atoms with van der Waals surface area (Å²) in [6.45, 7) is 0. The van der Waals surface area contributed by atoms with Crippen molar-refractivity contribution in [3.8, 4) is 0 Å². The van der Waals surface area contributed by atoms with E-state index in [4.69, 9.17) is 0 Å². The lowest BCUT2D eigenvalue weighted by atomic mass is 10.1. The molecule has 0 saturated carbocycles. The second-order valence-corrected chi connectivity index (χ2v) is 7.02. The molecular weight excluding hydrogens is 284 g/mol. The smallest absolute Gasteiger partial charge is 0.265 e. The van der Waals surface area contributed by atoms with Gasteiger partial charge < -0.3 is 0 Å². The molecule has 100 valence electrons. The van der Waals surface area contributed by atoms with Crippen LogP contribution in [0.3, 0.4) is 0 Å². The third kappa shape index (κ3) is 3.24. The largest absolute Gasteiger partial charge is 0.287 e. The molecule has 0 spiro atoms. The summed E-state index contributed by atoms with van der Waals surface area (Å²) in [6, 6.07) is 20.7. The van der Waals surface area contributed by atoms with Crippen LogP contribution in [0, 0.1) is 0 Å². The van der Waals surface area contributed by atoms with Gasteiger partial charge in [-0.25, -0.2) is 0 Å². The van der Waals surface area contributed by atoms with Gasteiger partial charge in [0.1, 0.15) is 0 Å². The van der Waals surface area contributed by atoms with Crippen molar-refractivity contribution in [3.05, 3.63) is 90.4 Å². The van der Waals surface area contributed by atoms with Crippen molar-refractivity contribution >= 4 is 22.7 Å². The maximum Gasteiger partial charge on any atom is 0.287 e. The summed E-state index contributed by atoms with van der Waals surface area (Å²) in [6.07, 6.45) is 1.71. The normalized spacial score (nSPS) is 10.6. The Kier molecular flexibility index (Phi) is 4.09. The molecule has 3 aromatic rings. The van der Waals surface area contributed by atoms with Crippen LogP contribution in [0.2, 0.25) is 0 Å². The summed E-state index contributed by atoms with van der Waals surface area (Å²) < 4.78 is 0.196. The molecule has 1 heterocycles. The molecular formula is C17H14OS2. The van der Waals surface area contributed by atoms with Crippen LogP contribution in [0.1, 0.15) is 20.9 Å². The lowest BCUT2D eigenvalue weighted by molar-refractivity contribution is 1.16. The number of benzene rings is 2. The van der Waals surface area contributed by atoms with Crippen molar-refractivity contribution in [1.29, 1.82) is 0 Å². The van der Waals surface area contributed by atoms with Crippen LogP contribution in [0.15, 0.2) is 65.5 Å². The van der Waals surface area contributed by atoms with Gasteiger partial charge >= 0.3 is 0 Å². The fraction of sp³-hybridized carbons (Fsp3) is 0.118. The van der Waals surface area contributed by atoms with Crippen molar-refractivity contribution < 1.29 is 0 Å². The minimum Gasteiger partial charge on any atom is -0.265 e. The first-order valence-electron chi connectivity index (χ1n) is 6.51. The summed E-state index contributed by atoms with van der Waals surface area (Å²) in [5.74, 6) is 0. The van der Waals surface area contributed by atoms with Crippen molar-refractivity contribution in [2.24, 2.45) is 0 Å². The Bertz CT molecular complexity index is 664. The highest BCUT2D eigenvalue weighted by molar-refractivity contribution is 7.27. The zero-order valence-electron chi connectivity index (χ0n) is 10.9. The standard InChI is InChI=1S/C17H14OS2/c18-17-19-15(11-13-7-3-1-4-8-13)16(20-17)12-14-9-5-2-6-10-14/h1-10H,11-12H2. The molecule has 0 aliphatic heterocycles. The van der Waals surface area contributed by atoms with E-state index < -0.39 is 0 Å². The van der Waals surface area contributed by atoms with Crippen LogP contribution < -0.4 is 4.06 Å². The Morgan fingerprint density at radius 3 is 1.45 bits per heavy atom. The van der Waals surface area contributed by atoms with Gasteiger partial charge in [0.2, 0.25) is 0 Å². The molecule has 3 rings (SSSR count). The monoisotopic (exact) mass is 298 g/mol. The molecule has 1 aromatic heterocycles. The Balaban J connectivity index is 1.87. The average molecular weight is 298 g/mol. The van der Waals surface area contributed by atoms with E-state index in [2.05, 4.69) is 24.3 Å². The van der Waals surface area contributed by atoms with Gasteiger partial charge in [-0.05, 0) is 11.1 Å². The Hall–Kier alpha value is -1.71. The molecule has 0 fully saturated rings. The van der Waals surface area contributed by atoms with E-state index in [0.717, 1.165) is 12.8 Å². The van der Waals surface area contributed by atoms with Crippen LogP contribution in [0.5, 0.6) is 0 Å². The van der Waals surface area contributed by atoms with Crippen molar-refractivity contribution in [1.82, 2.24) is 0 Å². The zero-order valence-corrected chi connectivity index (χ0v) is 12.5. The quantitative estimate of drug-likeness (QED) is 0.700. The van der Waals surface area contributed by atoms with E-state index in [-0.39, 0.29) is 4.06 Å². The molecule has 0 unspecified atom stereocenters. The lowest BCUT2D eigenvalue weighted by Crippen LogP contribution is -1.91. The molecule has 0 aliphatic carbocycles. The number of hydrogen-bond acceptors (Lipinski definition) is 3. The molecule has 20 heavy (non-hydrogen) atoms. The van der Waals surface area contributed by atoms with Gasteiger partial charge in [-0.2, -0.15) is 0 Å². The highest BCUT2D eigenvalue weighted by Crippen LogP contribution is 2.23. The fourth-order valence-electron chi connectivity index (χ4n) is 2.17. The molecule has 0 saturated heterocycles. The Morgan fingerprint density at radius 1 is 0.650 bits per heavy atom. The first-order chi connectivity index (χ1) is 9.81. The van der Waals surface area contributed by atoms with E-state index >= 15 is 0 Å². The number of hydrogen-bond donors (Lipinski definition) is 0. The molecule has 3 heteroatoms. The molecule has 0 atom stereocenters. The van der Waals surface area contributed by atoms with Gasteiger partial charge in [-0.15, -0.1) is 0 Å². The Labute approximate surface area is 126 Å². The van der Waals surface area contributed by atoms with E-state index in [1.165, 1.54) is 43.6 Å². The second-order valence-electron chi connectivity index (χ2n) is 4.63. The van der Waals surface area contributed by atoms with Gasteiger partial charge in [-0.1, -0.05) is 83.3 Å². The Morgan fingerprint density at radius 2 is 1.05 bits per heavy atom. The van der Waals surface area contributed by atoms with Gasteiger partial charge in [0, 0.05) is 22.6 Å². The maximum atomic E-state index is 11.7. The SMILES string of the molecule is O=c1sc(Cc2ccccc2)c(Cc2ccccc2)s1. The first kappa shape index (κ1) is 13.3. The highest BCUT2D eigenvalue weighted by atomic mass is 32.2.